The summed E-state index contributed by atoms with van der Waals surface area (Å²) in [5.41, 5.74) is 1.34. The largest absolute Gasteiger partial charge is 0.381 e. The van der Waals surface area contributed by atoms with Crippen molar-refractivity contribution < 1.29 is 4.74 Å². The summed E-state index contributed by atoms with van der Waals surface area (Å²) in [6, 6.07) is 11.1. The third-order valence-electron chi connectivity index (χ3n) is 4.67. The van der Waals surface area contributed by atoms with Gasteiger partial charge < -0.3 is 15.4 Å². The van der Waals surface area contributed by atoms with Crippen molar-refractivity contribution in [2.75, 3.05) is 33.1 Å². The van der Waals surface area contributed by atoms with Crippen LogP contribution >= 0.6 is 35.7 Å². The summed E-state index contributed by atoms with van der Waals surface area (Å²) in [6.07, 6.45) is 9.20. The van der Waals surface area contributed by atoms with Crippen molar-refractivity contribution in [3.8, 4) is 0 Å². The van der Waals surface area contributed by atoms with Crippen LogP contribution in [0.25, 0.3) is 0 Å². The van der Waals surface area contributed by atoms with E-state index in [1.165, 1.54) is 24.8 Å². The van der Waals surface area contributed by atoms with Crippen molar-refractivity contribution in [2.24, 2.45) is 4.99 Å². The first-order valence-corrected chi connectivity index (χ1v) is 10.7. The number of guanidine groups is 1. The summed E-state index contributed by atoms with van der Waals surface area (Å²) >= 11 is 1.99. The highest BCUT2D eigenvalue weighted by atomic mass is 127. The molecule has 0 amide bonds. The minimum absolute atomic E-state index is 0. The molecule has 1 aromatic carbocycles. The molecule has 0 radical (unpaired) electrons. The van der Waals surface area contributed by atoms with E-state index in [0.717, 1.165) is 50.2 Å². The molecule has 0 aliphatic heterocycles. The van der Waals surface area contributed by atoms with Crippen LogP contribution in [0.4, 0.5) is 0 Å². The molecule has 0 saturated heterocycles. The first kappa shape index (κ1) is 23.6. The number of halogens is 1. The summed E-state index contributed by atoms with van der Waals surface area (Å²) < 4.78 is 5.73. The summed E-state index contributed by atoms with van der Waals surface area (Å²) in [4.78, 5) is 4.34. The Morgan fingerprint density at radius 3 is 2.69 bits per heavy atom. The maximum Gasteiger partial charge on any atom is 0.191 e. The Morgan fingerprint density at radius 2 is 2.00 bits per heavy atom. The highest BCUT2D eigenvalue weighted by Gasteiger charge is 2.24. The van der Waals surface area contributed by atoms with E-state index in [-0.39, 0.29) is 24.0 Å². The van der Waals surface area contributed by atoms with E-state index in [0.29, 0.717) is 6.04 Å². The van der Waals surface area contributed by atoms with Gasteiger partial charge in [0.2, 0.25) is 0 Å². The average molecular weight is 491 g/mol. The Kier molecular flexibility index (Phi) is 13.2. The third kappa shape index (κ3) is 9.46. The number of unbranched alkanes of at least 4 members (excludes halogenated alkanes) is 1. The molecule has 148 valence electrons. The number of aliphatic imine (C=N–C) groups is 1. The van der Waals surface area contributed by atoms with E-state index in [4.69, 9.17) is 4.74 Å². The molecule has 4 nitrogen and oxygen atoms in total. The molecule has 0 heterocycles. The predicted molar refractivity (Wildman–Crippen MR) is 125 cm³/mol. The summed E-state index contributed by atoms with van der Waals surface area (Å²) in [5, 5.41) is 7.78. The number of nitrogens with zero attached hydrogens (tertiary/aromatic N) is 1. The van der Waals surface area contributed by atoms with E-state index in [1.807, 2.05) is 24.9 Å². The molecular weight excluding hydrogens is 457 g/mol. The Labute approximate surface area is 180 Å². The molecule has 1 fully saturated rings. The smallest absolute Gasteiger partial charge is 0.191 e. The van der Waals surface area contributed by atoms with Gasteiger partial charge in [0.15, 0.2) is 5.96 Å². The monoisotopic (exact) mass is 491 g/mol. The maximum absolute atomic E-state index is 5.73. The number of nitrogens with one attached hydrogen (secondary N) is 2. The molecule has 1 aliphatic rings. The van der Waals surface area contributed by atoms with Gasteiger partial charge >= 0.3 is 0 Å². The quantitative estimate of drug-likeness (QED) is 0.224. The molecule has 1 aliphatic carbocycles. The lowest BCUT2D eigenvalue weighted by molar-refractivity contribution is 0.133. The molecule has 2 unspecified atom stereocenters. The molecule has 6 heteroatoms. The minimum atomic E-state index is 0. The number of ether oxygens (including phenoxy) is 1. The summed E-state index contributed by atoms with van der Waals surface area (Å²) in [5.74, 6) is 0.941. The fraction of sp³-hybridized carbons (Fsp3) is 0.650. The van der Waals surface area contributed by atoms with Crippen molar-refractivity contribution in [1.82, 2.24) is 10.6 Å². The second-order valence-electron chi connectivity index (χ2n) is 6.57. The van der Waals surface area contributed by atoms with Crippen molar-refractivity contribution in [1.29, 1.82) is 0 Å². The lowest BCUT2D eigenvalue weighted by Crippen LogP contribution is -2.42. The van der Waals surface area contributed by atoms with Crippen LogP contribution in [-0.2, 0) is 11.2 Å². The van der Waals surface area contributed by atoms with Crippen LogP contribution in [0.15, 0.2) is 35.3 Å². The van der Waals surface area contributed by atoms with E-state index in [9.17, 15) is 0 Å². The maximum atomic E-state index is 5.73. The van der Waals surface area contributed by atoms with Crippen molar-refractivity contribution in [3.63, 3.8) is 0 Å². The molecular formula is C20H34IN3OS. The van der Waals surface area contributed by atoms with Crippen LogP contribution in [-0.4, -0.2) is 50.3 Å². The normalized spacial score (nSPS) is 19.8. The van der Waals surface area contributed by atoms with Gasteiger partial charge in [-0.05, 0) is 50.3 Å². The van der Waals surface area contributed by atoms with Gasteiger partial charge in [-0.3, -0.25) is 4.99 Å². The van der Waals surface area contributed by atoms with Crippen LogP contribution in [0.2, 0.25) is 0 Å². The van der Waals surface area contributed by atoms with Gasteiger partial charge in [0.05, 0.1) is 6.61 Å². The number of thioether (sulfide) groups is 1. The Hall–Kier alpha value is -0.470. The fourth-order valence-electron chi connectivity index (χ4n) is 3.15. The van der Waals surface area contributed by atoms with Crippen LogP contribution < -0.4 is 10.6 Å². The molecule has 26 heavy (non-hydrogen) atoms. The molecule has 1 saturated carbocycles. The molecule has 0 aromatic heterocycles. The van der Waals surface area contributed by atoms with Crippen LogP contribution in [0.3, 0.4) is 0 Å². The van der Waals surface area contributed by atoms with E-state index < -0.39 is 0 Å². The average Bonchev–Trinajstić information content (AvgIpc) is 3.11. The highest BCUT2D eigenvalue weighted by Crippen LogP contribution is 2.27. The highest BCUT2D eigenvalue weighted by molar-refractivity contribution is 14.0. The number of rotatable bonds is 10. The molecule has 2 N–H and O–H groups in total. The zero-order valence-electron chi connectivity index (χ0n) is 16.1. The summed E-state index contributed by atoms with van der Waals surface area (Å²) in [6.45, 7) is 2.58. The number of hydrogen-bond acceptors (Lipinski definition) is 3. The standard InChI is InChI=1S/C20H33N3OS.HI/c1-21-20(23-18-10-11-19(16-18)25-2)22-13-6-7-14-24-15-12-17-8-4-3-5-9-17;/h3-5,8-9,18-19H,6-7,10-16H2,1-2H3,(H2,21,22,23);1H. The third-order valence-corrected chi connectivity index (χ3v) is 5.76. The van der Waals surface area contributed by atoms with Crippen LogP contribution in [0.5, 0.6) is 0 Å². The SMILES string of the molecule is CN=C(NCCCCOCCc1ccccc1)NC1CCC(SC)C1.I. The first-order chi connectivity index (χ1) is 12.3. The van der Waals surface area contributed by atoms with Gasteiger partial charge in [-0.15, -0.1) is 24.0 Å². The summed E-state index contributed by atoms with van der Waals surface area (Å²) in [7, 11) is 1.85. The number of hydrogen-bond donors (Lipinski definition) is 2. The molecule has 1 aromatic rings. The molecule has 2 rings (SSSR count). The van der Waals surface area contributed by atoms with E-state index in [2.05, 4.69) is 46.1 Å². The second-order valence-corrected chi connectivity index (χ2v) is 7.70. The zero-order valence-corrected chi connectivity index (χ0v) is 19.2. The Balaban J connectivity index is 0.00000338. The fourth-order valence-corrected chi connectivity index (χ4v) is 3.94. The Bertz CT molecular complexity index is 501. The molecule has 2 atom stereocenters. The van der Waals surface area contributed by atoms with Gasteiger partial charge in [0, 0.05) is 31.5 Å². The van der Waals surface area contributed by atoms with Crippen molar-refractivity contribution >= 4 is 41.7 Å². The molecule has 0 spiro atoms. The van der Waals surface area contributed by atoms with Gasteiger partial charge in [-0.2, -0.15) is 11.8 Å². The van der Waals surface area contributed by atoms with Crippen LogP contribution in [0.1, 0.15) is 37.7 Å². The van der Waals surface area contributed by atoms with E-state index >= 15 is 0 Å². The zero-order chi connectivity index (χ0) is 17.7. The van der Waals surface area contributed by atoms with Gasteiger partial charge in [-0.25, -0.2) is 0 Å². The lowest BCUT2D eigenvalue weighted by Gasteiger charge is -2.17. The van der Waals surface area contributed by atoms with Gasteiger partial charge in [-0.1, -0.05) is 30.3 Å². The predicted octanol–water partition coefficient (Wildman–Crippen LogP) is 4.09. The lowest BCUT2D eigenvalue weighted by atomic mass is 10.2. The topological polar surface area (TPSA) is 45.7 Å². The second kappa shape index (κ2) is 14.6. The van der Waals surface area contributed by atoms with Gasteiger partial charge in [0.1, 0.15) is 0 Å². The van der Waals surface area contributed by atoms with Crippen molar-refractivity contribution in [3.05, 3.63) is 35.9 Å². The molecule has 0 bridgehead atoms. The minimum Gasteiger partial charge on any atom is -0.381 e. The van der Waals surface area contributed by atoms with Crippen LogP contribution in [0, 0.1) is 0 Å². The first-order valence-electron chi connectivity index (χ1n) is 9.43. The van der Waals surface area contributed by atoms with Crippen molar-refractivity contribution in [2.45, 2.75) is 49.8 Å². The number of benzene rings is 1. The Morgan fingerprint density at radius 1 is 1.19 bits per heavy atom. The van der Waals surface area contributed by atoms with E-state index in [1.54, 1.807) is 0 Å². The van der Waals surface area contributed by atoms with Gasteiger partial charge in [0.25, 0.3) is 0 Å².